The number of halogens is 3. The lowest BCUT2D eigenvalue weighted by Crippen LogP contribution is -2.48. The maximum absolute atomic E-state index is 13.4. The van der Waals surface area contributed by atoms with E-state index < -0.39 is 30.5 Å². The number of anilines is 3. The number of aliphatic hydroxyl groups is 2. The van der Waals surface area contributed by atoms with Crippen molar-refractivity contribution >= 4 is 23.4 Å². The second-order valence-corrected chi connectivity index (χ2v) is 8.70. The summed E-state index contributed by atoms with van der Waals surface area (Å²) in [5.74, 6) is 0.478. The van der Waals surface area contributed by atoms with Crippen molar-refractivity contribution in [2.75, 3.05) is 41.4 Å². The van der Waals surface area contributed by atoms with Crippen molar-refractivity contribution in [2.24, 2.45) is 0 Å². The summed E-state index contributed by atoms with van der Waals surface area (Å²) in [4.78, 5) is 29.7. The third-order valence-electron chi connectivity index (χ3n) is 6.14. The fourth-order valence-corrected chi connectivity index (χ4v) is 4.37. The molecule has 0 saturated carbocycles. The molecule has 2 atom stereocenters. The molecule has 2 aliphatic rings. The normalized spacial score (nSPS) is 17.4. The van der Waals surface area contributed by atoms with Gasteiger partial charge in [-0.15, -0.1) is 0 Å². The molecule has 4 heterocycles. The molecule has 1 saturated heterocycles. The molecule has 1 unspecified atom stereocenters. The molecule has 194 valence electrons. The third-order valence-corrected chi connectivity index (χ3v) is 6.14. The number of rotatable bonds is 6. The molecule has 10 nitrogen and oxygen atoms in total. The number of urea groups is 1. The van der Waals surface area contributed by atoms with E-state index in [2.05, 4.69) is 25.2 Å². The van der Waals surface area contributed by atoms with Crippen LogP contribution in [0.1, 0.15) is 12.0 Å². The minimum absolute atomic E-state index is 0.0429. The van der Waals surface area contributed by atoms with Crippen LogP contribution in [0.25, 0.3) is 11.3 Å². The number of amides is 2. The maximum atomic E-state index is 13.4. The smallest absolute Gasteiger partial charge is 0.416 e. The van der Waals surface area contributed by atoms with Crippen molar-refractivity contribution < 1.29 is 32.9 Å². The molecule has 0 spiro atoms. The van der Waals surface area contributed by atoms with Crippen molar-refractivity contribution in [1.29, 1.82) is 0 Å². The molecule has 1 aromatic carbocycles. The second-order valence-electron chi connectivity index (χ2n) is 8.70. The number of fused-ring (bicyclic) bond motifs is 4. The molecule has 0 aliphatic carbocycles. The first-order chi connectivity index (χ1) is 17.7. The molecule has 13 heteroatoms. The van der Waals surface area contributed by atoms with Gasteiger partial charge < -0.3 is 19.8 Å². The van der Waals surface area contributed by atoms with Crippen LogP contribution in [0.4, 0.5) is 35.3 Å². The molecular weight excluding hydrogens is 493 g/mol. The summed E-state index contributed by atoms with van der Waals surface area (Å²) in [6.45, 7) is 0.621. The van der Waals surface area contributed by atoms with Crippen LogP contribution in [0.15, 0.2) is 48.8 Å². The van der Waals surface area contributed by atoms with Crippen LogP contribution in [0, 0.1) is 0 Å². The number of nitrogens with zero attached hydrogens (tertiary/aromatic N) is 5. The highest BCUT2D eigenvalue weighted by atomic mass is 19.4. The van der Waals surface area contributed by atoms with E-state index in [9.17, 15) is 23.1 Å². The first-order valence-electron chi connectivity index (χ1n) is 11.5. The largest absolute Gasteiger partial charge is 0.474 e. The molecule has 1 fully saturated rings. The Balaban J connectivity index is 1.42. The highest BCUT2D eigenvalue weighted by molar-refractivity contribution is 6.04. The molecule has 5 rings (SSSR count). The van der Waals surface area contributed by atoms with Gasteiger partial charge in [-0.25, -0.2) is 9.78 Å². The lowest BCUT2D eigenvalue weighted by atomic mass is 10.1. The number of hydrogen-bond acceptors (Lipinski definition) is 8. The monoisotopic (exact) mass is 516 g/mol. The number of aromatic nitrogens is 3. The van der Waals surface area contributed by atoms with Crippen LogP contribution in [-0.2, 0) is 6.18 Å². The van der Waals surface area contributed by atoms with Crippen LogP contribution in [0.2, 0.25) is 0 Å². The van der Waals surface area contributed by atoms with Gasteiger partial charge in [0.05, 0.1) is 42.0 Å². The van der Waals surface area contributed by atoms with Gasteiger partial charge in [0.2, 0.25) is 5.88 Å². The van der Waals surface area contributed by atoms with Gasteiger partial charge in [-0.3, -0.25) is 15.2 Å². The number of aliphatic hydroxyl groups excluding tert-OH is 2. The van der Waals surface area contributed by atoms with Gasteiger partial charge in [0, 0.05) is 18.7 Å². The molecule has 37 heavy (non-hydrogen) atoms. The summed E-state index contributed by atoms with van der Waals surface area (Å²) < 4.78 is 45.0. The molecule has 2 bridgehead atoms. The zero-order chi connectivity index (χ0) is 26.2. The Kier molecular flexibility index (Phi) is 6.56. The number of carbonyl (C=O) groups excluding carboxylic acids is 1. The summed E-state index contributed by atoms with van der Waals surface area (Å²) in [5.41, 5.74) is 0.519. The Morgan fingerprint density at radius 1 is 1.22 bits per heavy atom. The molecule has 2 amide bonds. The van der Waals surface area contributed by atoms with Crippen molar-refractivity contribution in [1.82, 2.24) is 15.0 Å². The van der Waals surface area contributed by atoms with E-state index >= 15 is 0 Å². The first-order valence-corrected chi connectivity index (χ1v) is 11.5. The number of hydrogen-bond donors (Lipinski definition) is 3. The van der Waals surface area contributed by atoms with Crippen molar-refractivity contribution in [3.8, 4) is 17.1 Å². The number of nitrogens with one attached hydrogen (secondary N) is 1. The van der Waals surface area contributed by atoms with Crippen LogP contribution < -0.4 is 19.9 Å². The van der Waals surface area contributed by atoms with E-state index in [1.165, 1.54) is 23.4 Å². The summed E-state index contributed by atoms with van der Waals surface area (Å²) in [7, 11) is 0. The Hall–Kier alpha value is -3.97. The summed E-state index contributed by atoms with van der Waals surface area (Å²) in [6.07, 6.45) is -2.26. The van der Waals surface area contributed by atoms with E-state index in [0.717, 1.165) is 12.1 Å². The fourth-order valence-electron chi connectivity index (χ4n) is 4.37. The van der Waals surface area contributed by atoms with Crippen LogP contribution >= 0.6 is 0 Å². The minimum atomic E-state index is -4.49. The lowest BCUT2D eigenvalue weighted by molar-refractivity contribution is -0.137. The maximum Gasteiger partial charge on any atom is 0.416 e. The van der Waals surface area contributed by atoms with Crippen molar-refractivity contribution in [3.63, 3.8) is 0 Å². The predicted molar refractivity (Wildman–Crippen MR) is 127 cm³/mol. The molecule has 0 radical (unpaired) electrons. The minimum Gasteiger partial charge on any atom is -0.474 e. The zero-order valence-electron chi connectivity index (χ0n) is 19.4. The second kappa shape index (κ2) is 9.82. The van der Waals surface area contributed by atoms with Crippen LogP contribution in [0.3, 0.4) is 0 Å². The van der Waals surface area contributed by atoms with Gasteiger partial charge in [0.15, 0.2) is 11.6 Å². The van der Waals surface area contributed by atoms with E-state index in [0.29, 0.717) is 36.7 Å². The van der Waals surface area contributed by atoms with Crippen molar-refractivity contribution in [2.45, 2.75) is 24.7 Å². The zero-order valence-corrected chi connectivity index (χ0v) is 19.4. The summed E-state index contributed by atoms with van der Waals surface area (Å²) >= 11 is 0. The lowest BCUT2D eigenvalue weighted by Gasteiger charge is -2.35. The van der Waals surface area contributed by atoms with Gasteiger partial charge in [0.1, 0.15) is 12.7 Å². The van der Waals surface area contributed by atoms with E-state index in [4.69, 9.17) is 9.84 Å². The topological polar surface area (TPSA) is 124 Å². The average molecular weight is 516 g/mol. The predicted octanol–water partition coefficient (Wildman–Crippen LogP) is 2.92. The van der Waals surface area contributed by atoms with Gasteiger partial charge in [0.25, 0.3) is 0 Å². The average Bonchev–Trinajstić information content (AvgIpc) is 3.31. The highest BCUT2D eigenvalue weighted by Gasteiger charge is 2.40. The van der Waals surface area contributed by atoms with E-state index in [1.807, 2.05) is 0 Å². The summed E-state index contributed by atoms with van der Waals surface area (Å²) in [5, 5.41) is 21.0. The molecular formula is C24H23F3N6O4. The number of pyridine rings is 1. The Bertz CT molecular complexity index is 1310. The van der Waals surface area contributed by atoms with E-state index in [1.54, 1.807) is 18.2 Å². The van der Waals surface area contributed by atoms with Crippen LogP contribution in [-0.4, -0.2) is 69.6 Å². The molecule has 2 aliphatic heterocycles. The Morgan fingerprint density at radius 2 is 2.05 bits per heavy atom. The Morgan fingerprint density at radius 3 is 2.84 bits per heavy atom. The number of carbonyl (C=O) groups is 1. The third kappa shape index (κ3) is 5.13. The van der Waals surface area contributed by atoms with E-state index in [-0.39, 0.29) is 29.9 Å². The number of benzene rings is 1. The highest BCUT2D eigenvalue weighted by Crippen LogP contribution is 2.41. The SMILES string of the molecule is O=C(Nc1cncc(OC[C@@H](O)CO)n1)N1c2nc(-c3cccc(C(F)(F)F)c3)ccc2N2CCC1C2. The number of alkyl halides is 3. The summed E-state index contributed by atoms with van der Waals surface area (Å²) in [6, 6.07) is 7.59. The fraction of sp³-hybridized carbons (Fsp3) is 0.333. The number of ether oxygens (including phenoxy) is 1. The van der Waals surface area contributed by atoms with Gasteiger partial charge in [-0.05, 0) is 30.7 Å². The molecule has 3 N–H and O–H groups in total. The Labute approximate surface area is 209 Å². The van der Waals surface area contributed by atoms with Crippen LogP contribution in [0.5, 0.6) is 5.88 Å². The quantitative estimate of drug-likeness (QED) is 0.457. The van der Waals surface area contributed by atoms with Gasteiger partial charge in [-0.1, -0.05) is 12.1 Å². The standard InChI is InChI=1S/C24H23F3N6O4/c25-24(26,27)15-3-1-2-14(8-15)18-4-5-19-22(29-18)33(16-6-7-32(19)11-16)23(36)31-20-9-28-10-21(30-20)37-13-17(35)12-34/h1-5,8-10,16-17,34-35H,6-7,11-13H2,(H,30,31,36)/t16?,17-/m0/s1. The van der Waals surface area contributed by atoms with Gasteiger partial charge >= 0.3 is 12.2 Å². The first kappa shape index (κ1) is 24.7. The van der Waals surface area contributed by atoms with Crippen molar-refractivity contribution in [3.05, 3.63) is 54.4 Å². The van der Waals surface area contributed by atoms with Gasteiger partial charge in [-0.2, -0.15) is 18.2 Å². The molecule has 3 aromatic rings. The molecule has 2 aromatic heterocycles.